The van der Waals surface area contributed by atoms with Gasteiger partial charge in [-0.1, -0.05) is 111 Å². The number of hydrogen-bond acceptors (Lipinski definition) is 4. The highest BCUT2D eigenvalue weighted by molar-refractivity contribution is 5.95. The lowest BCUT2D eigenvalue weighted by molar-refractivity contribution is -0.122. The van der Waals surface area contributed by atoms with Gasteiger partial charge in [0.2, 0.25) is 0 Å². The second-order valence-corrected chi connectivity index (χ2v) is 13.5. The average Bonchev–Trinajstić information content (AvgIpc) is 3.50. The first-order valence-corrected chi connectivity index (χ1v) is 18.3. The normalized spacial score (nSPS) is 13.6. The summed E-state index contributed by atoms with van der Waals surface area (Å²) in [6.45, 7) is 7.72. The molecule has 0 bridgehead atoms. The lowest BCUT2D eigenvalue weighted by Gasteiger charge is -2.34. The van der Waals surface area contributed by atoms with Crippen molar-refractivity contribution < 1.29 is 19.1 Å². The van der Waals surface area contributed by atoms with E-state index in [0.29, 0.717) is 22.9 Å². The van der Waals surface area contributed by atoms with E-state index in [9.17, 15) is 9.59 Å². The zero-order valence-corrected chi connectivity index (χ0v) is 30.6. The number of carbonyl (C=O) groups is 2. The van der Waals surface area contributed by atoms with Crippen LogP contribution in [-0.4, -0.2) is 24.0 Å². The third kappa shape index (κ3) is 7.05. The quantitative estimate of drug-likeness (QED) is 0.133. The van der Waals surface area contributed by atoms with Crippen LogP contribution in [-0.2, 0) is 27.8 Å². The number of anilines is 2. The van der Waals surface area contributed by atoms with Crippen LogP contribution in [0.4, 0.5) is 11.4 Å². The highest BCUT2D eigenvalue weighted by atomic mass is 16.5. The van der Waals surface area contributed by atoms with Crippen LogP contribution in [0.15, 0.2) is 146 Å². The highest BCUT2D eigenvalue weighted by Gasteiger charge is 2.45. The molecule has 0 radical (unpaired) electrons. The third-order valence-corrected chi connectivity index (χ3v) is 10.2. The topological polar surface area (TPSA) is 76.7 Å². The van der Waals surface area contributed by atoms with E-state index in [4.69, 9.17) is 9.47 Å². The molecular formula is C47H44N2O4. The van der Waals surface area contributed by atoms with Gasteiger partial charge < -0.3 is 20.1 Å². The van der Waals surface area contributed by atoms with E-state index in [1.54, 1.807) is 13.8 Å². The van der Waals surface area contributed by atoms with E-state index in [1.165, 1.54) is 33.4 Å². The van der Waals surface area contributed by atoms with E-state index in [0.717, 1.165) is 24.0 Å². The van der Waals surface area contributed by atoms with Gasteiger partial charge in [0.05, 0.1) is 5.41 Å². The molecule has 0 aromatic heterocycles. The van der Waals surface area contributed by atoms with Crippen LogP contribution in [0.25, 0.3) is 11.1 Å². The van der Waals surface area contributed by atoms with Crippen LogP contribution < -0.4 is 20.1 Å². The van der Waals surface area contributed by atoms with Gasteiger partial charge in [0.15, 0.2) is 12.2 Å². The molecule has 6 heteroatoms. The van der Waals surface area contributed by atoms with E-state index in [-0.39, 0.29) is 11.8 Å². The molecule has 1 aliphatic rings. The van der Waals surface area contributed by atoms with Gasteiger partial charge in [0.25, 0.3) is 11.8 Å². The van der Waals surface area contributed by atoms with Crippen molar-refractivity contribution in [3.8, 4) is 22.6 Å². The number of aryl methyl sites for hydroxylation is 2. The summed E-state index contributed by atoms with van der Waals surface area (Å²) < 4.78 is 11.9. The van der Waals surface area contributed by atoms with Crippen molar-refractivity contribution in [2.75, 3.05) is 10.6 Å². The minimum atomic E-state index is -0.678. The van der Waals surface area contributed by atoms with E-state index >= 15 is 0 Å². The molecule has 2 N–H and O–H groups in total. The first-order chi connectivity index (χ1) is 25.8. The van der Waals surface area contributed by atoms with Crippen LogP contribution >= 0.6 is 0 Å². The highest BCUT2D eigenvalue weighted by Crippen LogP contribution is 2.56. The summed E-state index contributed by atoms with van der Waals surface area (Å²) in [6, 6.07) is 48.9. The summed E-state index contributed by atoms with van der Waals surface area (Å²) in [6.07, 6.45) is 0.531. The molecule has 0 heterocycles. The van der Waals surface area contributed by atoms with Crippen molar-refractivity contribution in [3.05, 3.63) is 179 Å². The molecule has 0 spiro atoms. The van der Waals surface area contributed by atoms with Gasteiger partial charge in [0.1, 0.15) is 11.5 Å². The fraction of sp³-hybridized carbons (Fsp3) is 0.191. The SMILES string of the molecule is CCc1ccc(OC(C)C(=O)Nc2ccc(C3(c4ccc(NC(=O)C(C)Oc5ccc(CC)cc5)cc4)c4ccccc4-c4ccccc43)cc2)cc1. The van der Waals surface area contributed by atoms with Crippen LogP contribution in [0.2, 0.25) is 0 Å². The Bertz CT molecular complexity index is 2050. The Labute approximate surface area is 311 Å². The molecule has 0 saturated heterocycles. The van der Waals surface area contributed by atoms with Gasteiger partial charge in [-0.2, -0.15) is 0 Å². The number of amides is 2. The van der Waals surface area contributed by atoms with Crippen molar-refractivity contribution >= 4 is 23.2 Å². The third-order valence-electron chi connectivity index (χ3n) is 10.2. The average molecular weight is 701 g/mol. The molecule has 2 atom stereocenters. The molecule has 6 aromatic rings. The predicted molar refractivity (Wildman–Crippen MR) is 213 cm³/mol. The summed E-state index contributed by atoms with van der Waals surface area (Å²) in [4.78, 5) is 26.4. The molecule has 266 valence electrons. The Hall–Kier alpha value is -6.14. The fourth-order valence-corrected chi connectivity index (χ4v) is 7.24. The van der Waals surface area contributed by atoms with Gasteiger partial charge in [-0.05, 0) is 120 Å². The van der Waals surface area contributed by atoms with Crippen LogP contribution in [0.5, 0.6) is 11.5 Å². The van der Waals surface area contributed by atoms with Gasteiger partial charge in [-0.15, -0.1) is 0 Å². The Kier molecular flexibility index (Phi) is 10.1. The zero-order valence-electron chi connectivity index (χ0n) is 30.6. The summed E-state index contributed by atoms with van der Waals surface area (Å²) in [5, 5.41) is 6.07. The summed E-state index contributed by atoms with van der Waals surface area (Å²) >= 11 is 0. The predicted octanol–water partition coefficient (Wildman–Crippen LogP) is 9.99. The minimum absolute atomic E-state index is 0.227. The number of rotatable bonds is 12. The lowest BCUT2D eigenvalue weighted by atomic mass is 9.67. The number of benzene rings is 6. The molecule has 0 aliphatic heterocycles. The molecule has 6 aromatic carbocycles. The lowest BCUT2D eigenvalue weighted by Crippen LogP contribution is -2.31. The minimum Gasteiger partial charge on any atom is -0.481 e. The first-order valence-electron chi connectivity index (χ1n) is 18.3. The smallest absolute Gasteiger partial charge is 0.265 e. The Morgan fingerprint density at radius 1 is 0.509 bits per heavy atom. The molecule has 1 aliphatic carbocycles. The Morgan fingerprint density at radius 3 is 1.23 bits per heavy atom. The molecule has 0 saturated carbocycles. The summed E-state index contributed by atoms with van der Waals surface area (Å²) in [5.74, 6) is 0.865. The Balaban J connectivity index is 1.15. The van der Waals surface area contributed by atoms with Gasteiger partial charge >= 0.3 is 0 Å². The van der Waals surface area contributed by atoms with Crippen molar-refractivity contribution in [2.45, 2.75) is 58.2 Å². The molecule has 2 amide bonds. The molecule has 7 rings (SSSR count). The second-order valence-electron chi connectivity index (χ2n) is 13.5. The number of nitrogens with one attached hydrogen (secondary N) is 2. The van der Waals surface area contributed by atoms with Gasteiger partial charge in [0, 0.05) is 11.4 Å². The van der Waals surface area contributed by atoms with Crippen molar-refractivity contribution in [1.82, 2.24) is 0 Å². The molecular weight excluding hydrogens is 657 g/mol. The summed E-state index contributed by atoms with van der Waals surface area (Å²) in [5.41, 5.74) is 9.95. The van der Waals surface area contributed by atoms with Gasteiger partial charge in [-0.25, -0.2) is 0 Å². The molecule has 6 nitrogen and oxygen atoms in total. The van der Waals surface area contributed by atoms with E-state index in [2.05, 4.69) is 97.3 Å². The van der Waals surface area contributed by atoms with Crippen molar-refractivity contribution in [1.29, 1.82) is 0 Å². The number of ether oxygens (including phenoxy) is 2. The van der Waals surface area contributed by atoms with Crippen LogP contribution in [0.3, 0.4) is 0 Å². The Morgan fingerprint density at radius 2 is 0.868 bits per heavy atom. The van der Waals surface area contributed by atoms with Crippen LogP contribution in [0, 0.1) is 0 Å². The largest absolute Gasteiger partial charge is 0.481 e. The summed E-state index contributed by atoms with van der Waals surface area (Å²) in [7, 11) is 0. The second kappa shape index (κ2) is 15.2. The first kappa shape index (κ1) is 35.3. The maximum absolute atomic E-state index is 13.2. The molecule has 53 heavy (non-hydrogen) atoms. The van der Waals surface area contributed by atoms with Crippen molar-refractivity contribution in [2.24, 2.45) is 0 Å². The van der Waals surface area contributed by atoms with Gasteiger partial charge in [-0.3, -0.25) is 9.59 Å². The molecule has 2 unspecified atom stereocenters. The number of fused-ring (bicyclic) bond motifs is 3. The number of carbonyl (C=O) groups excluding carboxylic acids is 2. The monoisotopic (exact) mass is 700 g/mol. The maximum Gasteiger partial charge on any atom is 0.265 e. The van der Waals surface area contributed by atoms with E-state index < -0.39 is 17.6 Å². The van der Waals surface area contributed by atoms with Crippen molar-refractivity contribution in [3.63, 3.8) is 0 Å². The number of hydrogen-bond donors (Lipinski definition) is 2. The standard InChI is InChI=1S/C47H44N2O4/c1-5-33-15-27-39(28-16-33)52-31(3)45(50)48-37-23-19-35(20-24-37)47(43-13-9-7-11-41(43)42-12-8-10-14-44(42)47)36-21-25-38(26-22-36)49-46(51)32(4)53-40-29-17-34(6-2)18-30-40/h7-32H,5-6H2,1-4H3,(H,48,50)(H,49,51). The maximum atomic E-state index is 13.2. The van der Waals surface area contributed by atoms with E-state index in [1.807, 2.05) is 72.8 Å². The molecule has 0 fully saturated rings. The van der Waals surface area contributed by atoms with Crippen LogP contribution in [0.1, 0.15) is 61.1 Å². The zero-order chi connectivity index (χ0) is 37.0. The fourth-order valence-electron chi connectivity index (χ4n) is 7.24.